The maximum absolute atomic E-state index is 13.0. The summed E-state index contributed by atoms with van der Waals surface area (Å²) in [6.45, 7) is 0. The smallest absolute Gasteiger partial charge is 0.185 e. The zero-order valence-corrected chi connectivity index (χ0v) is 15.3. The molecule has 1 fully saturated rings. The van der Waals surface area contributed by atoms with Gasteiger partial charge in [-0.2, -0.15) is 0 Å². The van der Waals surface area contributed by atoms with Crippen molar-refractivity contribution in [2.45, 2.75) is 25.7 Å². The molecule has 0 heterocycles. The van der Waals surface area contributed by atoms with E-state index in [0.717, 1.165) is 59.5 Å². The predicted octanol–water partition coefficient (Wildman–Crippen LogP) is 5.31. The number of hydrogen-bond donors (Lipinski definition) is 0. The van der Waals surface area contributed by atoms with Gasteiger partial charge in [-0.25, -0.2) is 0 Å². The van der Waals surface area contributed by atoms with Gasteiger partial charge in [-0.05, 0) is 73.2 Å². The van der Waals surface area contributed by atoms with E-state index in [2.05, 4.69) is 0 Å². The quantitative estimate of drug-likeness (QED) is 0.554. The SMILES string of the molecule is COc1ccc(/C=C2\CCCC/C(=C\c3ccc(OC)cc3)C2=O)cc1. The molecule has 0 aromatic heterocycles. The Morgan fingerprint density at radius 1 is 0.692 bits per heavy atom. The van der Waals surface area contributed by atoms with Crippen LogP contribution in [0.4, 0.5) is 0 Å². The standard InChI is InChI=1S/C23H24O3/c1-25-21-11-7-17(8-12-21)15-19-5-3-4-6-20(23(19)24)16-18-9-13-22(26-2)14-10-18/h7-16H,3-6H2,1-2H3/b19-15+,20-16+. The van der Waals surface area contributed by atoms with Crippen LogP contribution in [-0.2, 0) is 4.79 Å². The molecule has 0 amide bonds. The van der Waals surface area contributed by atoms with Crippen LogP contribution in [0.1, 0.15) is 36.8 Å². The molecule has 0 unspecified atom stereocenters. The van der Waals surface area contributed by atoms with Gasteiger partial charge in [0.2, 0.25) is 0 Å². The summed E-state index contributed by atoms with van der Waals surface area (Å²) >= 11 is 0. The van der Waals surface area contributed by atoms with Crippen molar-refractivity contribution in [1.82, 2.24) is 0 Å². The third-order valence-electron chi connectivity index (χ3n) is 4.64. The Bertz CT molecular complexity index is 742. The number of methoxy groups -OCH3 is 2. The molecule has 1 aliphatic carbocycles. The number of rotatable bonds is 4. The molecule has 2 aromatic carbocycles. The van der Waals surface area contributed by atoms with E-state index in [1.54, 1.807) is 14.2 Å². The van der Waals surface area contributed by atoms with Gasteiger partial charge in [0.05, 0.1) is 14.2 Å². The minimum atomic E-state index is 0.161. The maximum Gasteiger partial charge on any atom is 0.185 e. The Morgan fingerprint density at radius 2 is 1.08 bits per heavy atom. The van der Waals surface area contributed by atoms with Crippen LogP contribution in [0.5, 0.6) is 11.5 Å². The number of benzene rings is 2. The Balaban J connectivity index is 1.86. The van der Waals surface area contributed by atoms with Gasteiger partial charge >= 0.3 is 0 Å². The van der Waals surface area contributed by atoms with Crippen molar-refractivity contribution in [2.75, 3.05) is 14.2 Å². The van der Waals surface area contributed by atoms with Gasteiger partial charge in [0, 0.05) is 11.1 Å². The highest BCUT2D eigenvalue weighted by Crippen LogP contribution is 2.27. The molecule has 0 bridgehead atoms. The molecule has 1 aliphatic rings. The van der Waals surface area contributed by atoms with Gasteiger partial charge in [-0.3, -0.25) is 4.79 Å². The number of ketones is 1. The number of Topliss-reactive ketones (excluding diaryl/α,β-unsaturated/α-hetero) is 1. The first-order valence-corrected chi connectivity index (χ1v) is 8.93. The molecule has 1 saturated carbocycles. The molecule has 0 spiro atoms. The lowest BCUT2D eigenvalue weighted by molar-refractivity contribution is -0.112. The topological polar surface area (TPSA) is 35.5 Å². The van der Waals surface area contributed by atoms with Crippen LogP contribution in [0.25, 0.3) is 12.2 Å². The summed E-state index contributed by atoms with van der Waals surface area (Å²) in [5, 5.41) is 0. The first-order valence-electron chi connectivity index (χ1n) is 8.93. The number of carbonyl (C=O) groups excluding carboxylic acids is 1. The van der Waals surface area contributed by atoms with E-state index in [1.807, 2.05) is 60.7 Å². The van der Waals surface area contributed by atoms with Crippen molar-refractivity contribution >= 4 is 17.9 Å². The van der Waals surface area contributed by atoms with Crippen LogP contribution in [0.3, 0.4) is 0 Å². The average Bonchev–Trinajstić information content (AvgIpc) is 2.85. The zero-order chi connectivity index (χ0) is 18.4. The van der Waals surface area contributed by atoms with Crippen molar-refractivity contribution in [3.63, 3.8) is 0 Å². The summed E-state index contributed by atoms with van der Waals surface area (Å²) in [7, 11) is 3.30. The summed E-state index contributed by atoms with van der Waals surface area (Å²) < 4.78 is 10.4. The largest absolute Gasteiger partial charge is 0.497 e. The molecule has 0 aliphatic heterocycles. The van der Waals surface area contributed by atoms with Crippen LogP contribution in [0.2, 0.25) is 0 Å². The second kappa shape index (κ2) is 8.52. The molecule has 3 heteroatoms. The van der Waals surface area contributed by atoms with E-state index in [1.165, 1.54) is 0 Å². The van der Waals surface area contributed by atoms with Gasteiger partial charge in [-0.15, -0.1) is 0 Å². The Labute approximate surface area is 155 Å². The Morgan fingerprint density at radius 3 is 1.42 bits per heavy atom. The number of allylic oxidation sites excluding steroid dienone is 2. The first kappa shape index (κ1) is 18.0. The predicted molar refractivity (Wildman–Crippen MR) is 105 cm³/mol. The lowest BCUT2D eigenvalue weighted by Gasteiger charge is -2.07. The van der Waals surface area contributed by atoms with Crippen molar-refractivity contribution in [1.29, 1.82) is 0 Å². The molecule has 26 heavy (non-hydrogen) atoms. The lowest BCUT2D eigenvalue weighted by atomic mass is 9.98. The van der Waals surface area contributed by atoms with Gasteiger partial charge in [0.15, 0.2) is 5.78 Å². The molecule has 0 N–H and O–H groups in total. The lowest BCUT2D eigenvalue weighted by Crippen LogP contribution is -2.04. The highest BCUT2D eigenvalue weighted by Gasteiger charge is 2.18. The molecule has 0 saturated heterocycles. The minimum Gasteiger partial charge on any atom is -0.497 e. The summed E-state index contributed by atoms with van der Waals surface area (Å²) in [4.78, 5) is 13.0. The number of ether oxygens (including phenoxy) is 2. The third kappa shape index (κ3) is 4.42. The molecule has 0 radical (unpaired) electrons. The van der Waals surface area contributed by atoms with E-state index in [4.69, 9.17) is 9.47 Å². The average molecular weight is 348 g/mol. The normalized spacial score (nSPS) is 18.0. The molecule has 3 nitrogen and oxygen atoms in total. The fourth-order valence-corrected chi connectivity index (χ4v) is 3.14. The van der Waals surface area contributed by atoms with Crippen LogP contribution >= 0.6 is 0 Å². The number of hydrogen-bond acceptors (Lipinski definition) is 3. The van der Waals surface area contributed by atoms with Crippen LogP contribution in [0, 0.1) is 0 Å². The van der Waals surface area contributed by atoms with Crippen LogP contribution < -0.4 is 9.47 Å². The third-order valence-corrected chi connectivity index (χ3v) is 4.64. The fourth-order valence-electron chi connectivity index (χ4n) is 3.14. The Kier molecular flexibility index (Phi) is 5.90. The van der Waals surface area contributed by atoms with Gasteiger partial charge in [0.25, 0.3) is 0 Å². The second-order valence-electron chi connectivity index (χ2n) is 6.42. The molecule has 0 atom stereocenters. The highest BCUT2D eigenvalue weighted by atomic mass is 16.5. The second-order valence-corrected chi connectivity index (χ2v) is 6.42. The van der Waals surface area contributed by atoms with E-state index in [9.17, 15) is 4.79 Å². The number of carbonyl (C=O) groups is 1. The summed E-state index contributed by atoms with van der Waals surface area (Å²) in [6, 6.07) is 15.6. The van der Waals surface area contributed by atoms with Gasteiger partial charge in [0.1, 0.15) is 11.5 Å². The highest BCUT2D eigenvalue weighted by molar-refractivity contribution is 6.13. The molecule has 3 rings (SSSR count). The molecule has 2 aromatic rings. The Hall–Kier alpha value is -2.81. The van der Waals surface area contributed by atoms with Crippen molar-refractivity contribution in [3.8, 4) is 11.5 Å². The molecular formula is C23H24O3. The summed E-state index contributed by atoms with van der Waals surface area (Å²) in [5.74, 6) is 1.80. The summed E-state index contributed by atoms with van der Waals surface area (Å²) in [6.07, 6.45) is 7.74. The van der Waals surface area contributed by atoms with E-state index < -0.39 is 0 Å². The maximum atomic E-state index is 13.0. The molecule has 134 valence electrons. The minimum absolute atomic E-state index is 0.161. The van der Waals surface area contributed by atoms with Crippen molar-refractivity contribution in [3.05, 3.63) is 70.8 Å². The van der Waals surface area contributed by atoms with Crippen molar-refractivity contribution < 1.29 is 14.3 Å². The molecular weight excluding hydrogens is 324 g/mol. The van der Waals surface area contributed by atoms with Crippen LogP contribution in [0.15, 0.2) is 59.7 Å². The van der Waals surface area contributed by atoms with Gasteiger partial charge < -0.3 is 9.47 Å². The van der Waals surface area contributed by atoms with Gasteiger partial charge in [-0.1, -0.05) is 24.3 Å². The fraction of sp³-hybridized carbons (Fsp3) is 0.261. The zero-order valence-electron chi connectivity index (χ0n) is 15.3. The van der Waals surface area contributed by atoms with Crippen molar-refractivity contribution in [2.24, 2.45) is 0 Å². The summed E-state index contributed by atoms with van der Waals surface area (Å²) in [5.41, 5.74) is 3.82. The monoisotopic (exact) mass is 348 g/mol. The van der Waals surface area contributed by atoms with E-state index in [0.29, 0.717) is 0 Å². The van der Waals surface area contributed by atoms with E-state index in [-0.39, 0.29) is 5.78 Å². The van der Waals surface area contributed by atoms with E-state index >= 15 is 0 Å². The first-order chi connectivity index (χ1) is 12.7. The van der Waals surface area contributed by atoms with Crippen LogP contribution in [-0.4, -0.2) is 20.0 Å².